The van der Waals surface area contributed by atoms with Crippen LogP contribution >= 0.6 is 11.6 Å². The molecule has 178 valence electrons. The number of amides is 1. The molecule has 1 amide bonds. The second-order valence-electron chi connectivity index (χ2n) is 8.75. The molecule has 4 aromatic rings. The number of hydrogen-bond acceptors (Lipinski definition) is 4. The number of fused-ring (bicyclic) bond motifs is 1. The summed E-state index contributed by atoms with van der Waals surface area (Å²) >= 11 is 6.56. The van der Waals surface area contributed by atoms with Gasteiger partial charge in [0.2, 0.25) is 0 Å². The van der Waals surface area contributed by atoms with Gasteiger partial charge in [-0.05, 0) is 69.3 Å². The molecule has 3 aromatic carbocycles. The molecular weight excluding hydrogens is 465 g/mol. The third-order valence-corrected chi connectivity index (χ3v) is 6.04. The van der Waals surface area contributed by atoms with Crippen LogP contribution in [0.2, 0.25) is 5.02 Å². The molecule has 0 radical (unpaired) electrons. The Kier molecular flexibility index (Phi) is 6.88. The van der Waals surface area contributed by atoms with Crippen molar-refractivity contribution >= 4 is 28.4 Å². The second-order valence-corrected chi connectivity index (χ2v) is 9.16. The Balaban J connectivity index is 1.85. The fraction of sp³-hybridized carbons (Fsp3) is 0.222. The number of benzene rings is 3. The average molecular weight is 490 g/mol. The van der Waals surface area contributed by atoms with Crippen molar-refractivity contribution in [3.63, 3.8) is 0 Å². The quantitative estimate of drug-likeness (QED) is 0.322. The van der Waals surface area contributed by atoms with Crippen molar-refractivity contribution in [2.24, 2.45) is 0 Å². The number of hydrogen-bond donors (Lipinski definition) is 3. The van der Waals surface area contributed by atoms with E-state index in [-0.39, 0.29) is 11.9 Å². The Labute approximate surface area is 208 Å². The molecule has 0 fully saturated rings. The van der Waals surface area contributed by atoms with Gasteiger partial charge in [-0.1, -0.05) is 23.7 Å². The number of aromatic amines is 1. The zero-order valence-corrected chi connectivity index (χ0v) is 20.6. The molecule has 6 nitrogen and oxygen atoms in total. The Morgan fingerprint density at radius 3 is 2.60 bits per heavy atom. The first-order chi connectivity index (χ1) is 16.7. The average Bonchev–Trinajstić information content (AvgIpc) is 3.20. The molecule has 0 aliphatic rings. The highest BCUT2D eigenvalue weighted by molar-refractivity contribution is 6.34. The molecule has 0 atom stereocenters. The highest BCUT2D eigenvalue weighted by Crippen LogP contribution is 2.38. The smallest absolute Gasteiger partial charge is 0.251 e. The van der Waals surface area contributed by atoms with Crippen LogP contribution in [0.1, 0.15) is 40.9 Å². The maximum Gasteiger partial charge on any atom is 0.251 e. The molecular formula is C27H25ClFN5O. The van der Waals surface area contributed by atoms with Gasteiger partial charge in [0.15, 0.2) is 0 Å². The number of H-pyrrole nitrogens is 1. The minimum Gasteiger partial charge on any atom is -0.350 e. The predicted octanol–water partition coefficient (Wildman–Crippen LogP) is 5.73. The van der Waals surface area contributed by atoms with Crippen LogP contribution in [-0.2, 0) is 6.54 Å². The van der Waals surface area contributed by atoms with E-state index in [9.17, 15) is 10.1 Å². The van der Waals surface area contributed by atoms with E-state index in [1.165, 1.54) is 6.07 Å². The van der Waals surface area contributed by atoms with Gasteiger partial charge < -0.3 is 10.6 Å². The van der Waals surface area contributed by atoms with Crippen molar-refractivity contribution < 1.29 is 9.18 Å². The van der Waals surface area contributed by atoms with E-state index in [1.54, 1.807) is 37.4 Å². The van der Waals surface area contributed by atoms with Gasteiger partial charge in [0.25, 0.3) is 5.91 Å². The molecule has 4 rings (SSSR count). The molecule has 0 aliphatic carbocycles. The highest BCUT2D eigenvalue weighted by atomic mass is 35.5. The summed E-state index contributed by atoms with van der Waals surface area (Å²) in [6, 6.07) is 14.0. The maximum absolute atomic E-state index is 15.2. The first kappa shape index (κ1) is 24.4. The number of carbonyl (C=O) groups is 1. The van der Waals surface area contributed by atoms with Crippen LogP contribution in [0.4, 0.5) is 4.39 Å². The molecule has 0 unspecified atom stereocenters. The van der Waals surface area contributed by atoms with Crippen molar-refractivity contribution in [3.05, 3.63) is 75.6 Å². The lowest BCUT2D eigenvalue weighted by atomic mass is 9.92. The number of aromatic nitrogens is 2. The fourth-order valence-corrected chi connectivity index (χ4v) is 4.50. The van der Waals surface area contributed by atoms with Gasteiger partial charge in [-0.3, -0.25) is 9.89 Å². The van der Waals surface area contributed by atoms with Crippen LogP contribution in [0.15, 0.2) is 42.5 Å². The third-order valence-electron chi connectivity index (χ3n) is 5.73. The molecule has 0 saturated carbocycles. The summed E-state index contributed by atoms with van der Waals surface area (Å²) in [4.78, 5) is 12.4. The molecule has 0 aliphatic heterocycles. The lowest BCUT2D eigenvalue weighted by Gasteiger charge is -2.13. The van der Waals surface area contributed by atoms with Crippen molar-refractivity contribution in [1.29, 1.82) is 5.26 Å². The van der Waals surface area contributed by atoms with Gasteiger partial charge in [-0.15, -0.1) is 0 Å². The minimum absolute atomic E-state index is 0.000130. The van der Waals surface area contributed by atoms with Crippen molar-refractivity contribution in [1.82, 2.24) is 20.8 Å². The summed E-state index contributed by atoms with van der Waals surface area (Å²) in [7, 11) is 1.80. The van der Waals surface area contributed by atoms with Crippen LogP contribution in [-0.4, -0.2) is 29.2 Å². The number of nitriles is 1. The lowest BCUT2D eigenvalue weighted by Crippen LogP contribution is -2.30. The molecule has 8 heteroatoms. The van der Waals surface area contributed by atoms with Crippen LogP contribution in [0.25, 0.3) is 33.3 Å². The second kappa shape index (κ2) is 9.87. The number of aryl methyl sites for hydroxylation is 1. The fourth-order valence-electron chi connectivity index (χ4n) is 4.23. The van der Waals surface area contributed by atoms with Gasteiger partial charge in [0.05, 0.1) is 22.2 Å². The minimum atomic E-state index is -0.394. The van der Waals surface area contributed by atoms with Gasteiger partial charge in [0, 0.05) is 40.2 Å². The molecule has 35 heavy (non-hydrogen) atoms. The Hall–Kier alpha value is -3.73. The van der Waals surface area contributed by atoms with Crippen molar-refractivity contribution in [2.75, 3.05) is 7.05 Å². The lowest BCUT2D eigenvalue weighted by molar-refractivity contribution is 0.0943. The van der Waals surface area contributed by atoms with Gasteiger partial charge in [0.1, 0.15) is 11.5 Å². The predicted molar refractivity (Wildman–Crippen MR) is 137 cm³/mol. The molecule has 0 spiro atoms. The van der Waals surface area contributed by atoms with Crippen LogP contribution in [0, 0.1) is 24.1 Å². The van der Waals surface area contributed by atoms with E-state index < -0.39 is 5.82 Å². The zero-order valence-electron chi connectivity index (χ0n) is 19.9. The van der Waals surface area contributed by atoms with E-state index >= 15 is 4.39 Å². The number of nitrogens with zero attached hydrogens (tertiary/aromatic N) is 2. The number of carbonyl (C=O) groups excluding carboxylic acids is 1. The van der Waals surface area contributed by atoms with Crippen LogP contribution < -0.4 is 10.6 Å². The van der Waals surface area contributed by atoms with Gasteiger partial charge >= 0.3 is 0 Å². The topological polar surface area (TPSA) is 93.6 Å². The summed E-state index contributed by atoms with van der Waals surface area (Å²) in [6.07, 6.45) is 0. The SMILES string of the molecule is CNCc1cc(C)c(-c2cc3c(-c4ccc(C(=O)NC(C)C)cc4Cl)n[nH]c3cc2C#N)c(F)c1. The molecule has 3 N–H and O–H groups in total. The summed E-state index contributed by atoms with van der Waals surface area (Å²) in [5, 5.41) is 24.1. The van der Waals surface area contributed by atoms with E-state index in [0.29, 0.717) is 56.0 Å². The first-order valence-electron chi connectivity index (χ1n) is 11.2. The largest absolute Gasteiger partial charge is 0.350 e. The van der Waals surface area contributed by atoms with Crippen LogP contribution in [0.5, 0.6) is 0 Å². The molecule has 1 aromatic heterocycles. The summed E-state index contributed by atoms with van der Waals surface area (Å²) in [5.74, 6) is -0.608. The van der Waals surface area contributed by atoms with Gasteiger partial charge in [-0.2, -0.15) is 10.4 Å². The Bertz CT molecular complexity index is 1460. The number of nitrogens with one attached hydrogen (secondary N) is 3. The molecule has 0 bridgehead atoms. The van der Waals surface area contributed by atoms with Crippen LogP contribution in [0.3, 0.4) is 0 Å². The first-order valence-corrected chi connectivity index (χ1v) is 11.6. The Morgan fingerprint density at radius 1 is 1.20 bits per heavy atom. The van der Waals surface area contributed by atoms with E-state index in [2.05, 4.69) is 26.9 Å². The summed E-state index contributed by atoms with van der Waals surface area (Å²) < 4.78 is 15.2. The normalized spacial score (nSPS) is 11.1. The van der Waals surface area contributed by atoms with E-state index in [4.69, 9.17) is 11.6 Å². The van der Waals surface area contributed by atoms with Crippen molar-refractivity contribution in [2.45, 2.75) is 33.4 Å². The Morgan fingerprint density at radius 2 is 1.97 bits per heavy atom. The van der Waals surface area contributed by atoms with Gasteiger partial charge in [-0.25, -0.2) is 4.39 Å². The van der Waals surface area contributed by atoms with E-state index in [1.807, 2.05) is 26.8 Å². The number of rotatable bonds is 6. The summed E-state index contributed by atoms with van der Waals surface area (Å²) in [5.41, 5.74) is 5.00. The standard InChI is InChI=1S/C27H25ClFN5O/c1-14(2)32-27(35)17-5-6-19(22(28)9-17)26-21-11-20(18(12-30)10-24(21)33-34-26)25-15(3)7-16(13-31-4)8-23(25)29/h5-11,14,31H,13H2,1-4H3,(H,32,35)(H,33,34). The highest BCUT2D eigenvalue weighted by Gasteiger charge is 2.20. The molecule has 0 saturated heterocycles. The number of halogens is 2. The van der Waals surface area contributed by atoms with Crippen molar-refractivity contribution in [3.8, 4) is 28.5 Å². The molecule has 1 heterocycles. The maximum atomic E-state index is 15.2. The monoisotopic (exact) mass is 489 g/mol. The van der Waals surface area contributed by atoms with E-state index in [0.717, 1.165) is 11.1 Å². The zero-order chi connectivity index (χ0) is 25.3. The third kappa shape index (κ3) is 4.76. The summed E-state index contributed by atoms with van der Waals surface area (Å²) in [6.45, 7) is 6.14.